The van der Waals surface area contributed by atoms with E-state index in [0.717, 1.165) is 38.0 Å². The van der Waals surface area contributed by atoms with Gasteiger partial charge in [0.1, 0.15) is 0 Å². The first-order chi connectivity index (χ1) is 8.18. The van der Waals surface area contributed by atoms with E-state index in [1.807, 2.05) is 0 Å². The summed E-state index contributed by atoms with van der Waals surface area (Å²) in [5.41, 5.74) is 5.96. The minimum absolute atomic E-state index is 0.0891. The Hall–Kier alpha value is -0.570. The van der Waals surface area contributed by atoms with Crippen molar-refractivity contribution >= 4 is 5.97 Å². The summed E-state index contributed by atoms with van der Waals surface area (Å²) in [7, 11) is 0. The molecule has 2 rings (SSSR count). The van der Waals surface area contributed by atoms with E-state index in [2.05, 4.69) is 0 Å². The van der Waals surface area contributed by atoms with Crippen LogP contribution in [0.2, 0.25) is 0 Å². The molecule has 0 aliphatic heterocycles. The van der Waals surface area contributed by atoms with Crippen LogP contribution in [-0.4, -0.2) is 18.1 Å². The van der Waals surface area contributed by atoms with E-state index in [-0.39, 0.29) is 11.5 Å². The van der Waals surface area contributed by atoms with E-state index >= 15 is 0 Å². The van der Waals surface area contributed by atoms with Gasteiger partial charge in [0.15, 0.2) is 0 Å². The number of hydrogen-bond acceptors (Lipinski definition) is 3. The minimum atomic E-state index is -0.272. The van der Waals surface area contributed by atoms with Crippen molar-refractivity contribution in [1.29, 1.82) is 0 Å². The summed E-state index contributed by atoms with van der Waals surface area (Å²) in [6.07, 6.45) is 11.0. The van der Waals surface area contributed by atoms with E-state index < -0.39 is 0 Å². The lowest BCUT2D eigenvalue weighted by Gasteiger charge is -2.32. The second kappa shape index (κ2) is 5.85. The third-order valence-electron chi connectivity index (χ3n) is 4.36. The van der Waals surface area contributed by atoms with Crippen LogP contribution in [0.25, 0.3) is 0 Å². The Bertz CT molecular complexity index is 255. The third-order valence-corrected chi connectivity index (χ3v) is 4.36. The fraction of sp³-hybridized carbons (Fsp3) is 0.929. The SMILES string of the molecule is NC1(CC(=O)OCCC2CCC2)CCCCC1. The maximum absolute atomic E-state index is 11.7. The second-order valence-electron chi connectivity index (χ2n) is 5.91. The quantitative estimate of drug-likeness (QED) is 0.750. The number of esters is 1. The molecule has 0 atom stereocenters. The molecule has 98 valence electrons. The van der Waals surface area contributed by atoms with Gasteiger partial charge in [-0.1, -0.05) is 38.5 Å². The molecular formula is C14H25NO2. The summed E-state index contributed by atoms with van der Waals surface area (Å²) >= 11 is 0. The van der Waals surface area contributed by atoms with Gasteiger partial charge >= 0.3 is 5.97 Å². The highest BCUT2D eigenvalue weighted by Crippen LogP contribution is 2.30. The molecule has 2 N–H and O–H groups in total. The molecule has 0 saturated heterocycles. The summed E-state index contributed by atoms with van der Waals surface area (Å²) in [5.74, 6) is 0.720. The Labute approximate surface area is 104 Å². The molecule has 17 heavy (non-hydrogen) atoms. The zero-order valence-corrected chi connectivity index (χ0v) is 10.7. The van der Waals surface area contributed by atoms with E-state index in [1.165, 1.54) is 25.7 Å². The predicted molar refractivity (Wildman–Crippen MR) is 67.5 cm³/mol. The highest BCUT2D eigenvalue weighted by molar-refractivity contribution is 5.70. The van der Waals surface area contributed by atoms with Crippen molar-refractivity contribution in [3.05, 3.63) is 0 Å². The second-order valence-corrected chi connectivity index (χ2v) is 5.91. The predicted octanol–water partition coefficient (Wildman–Crippen LogP) is 2.77. The summed E-state index contributed by atoms with van der Waals surface area (Å²) in [6.45, 7) is 0.597. The molecular weight excluding hydrogens is 214 g/mol. The van der Waals surface area contributed by atoms with Crippen molar-refractivity contribution in [2.75, 3.05) is 6.61 Å². The van der Waals surface area contributed by atoms with Crippen LogP contribution in [0.4, 0.5) is 0 Å². The van der Waals surface area contributed by atoms with Crippen molar-refractivity contribution in [2.24, 2.45) is 11.7 Å². The van der Waals surface area contributed by atoms with Gasteiger partial charge in [-0.2, -0.15) is 0 Å². The van der Waals surface area contributed by atoms with Crippen LogP contribution in [0.15, 0.2) is 0 Å². The largest absolute Gasteiger partial charge is 0.466 e. The van der Waals surface area contributed by atoms with E-state index in [4.69, 9.17) is 10.5 Å². The lowest BCUT2D eigenvalue weighted by molar-refractivity contribution is -0.145. The lowest BCUT2D eigenvalue weighted by Crippen LogP contribution is -2.44. The van der Waals surface area contributed by atoms with Gasteiger partial charge in [-0.25, -0.2) is 0 Å². The smallest absolute Gasteiger partial charge is 0.307 e. The van der Waals surface area contributed by atoms with Gasteiger partial charge in [0.25, 0.3) is 0 Å². The molecule has 2 aliphatic rings. The first-order valence-electron chi connectivity index (χ1n) is 7.12. The monoisotopic (exact) mass is 239 g/mol. The Balaban J connectivity index is 1.61. The number of nitrogens with two attached hydrogens (primary N) is 1. The van der Waals surface area contributed by atoms with Crippen LogP contribution in [0, 0.1) is 5.92 Å². The fourth-order valence-corrected chi connectivity index (χ4v) is 2.89. The van der Waals surface area contributed by atoms with E-state index in [0.29, 0.717) is 13.0 Å². The first kappa shape index (κ1) is 12.9. The zero-order chi connectivity index (χ0) is 12.1. The molecule has 0 amide bonds. The Morgan fingerprint density at radius 2 is 1.88 bits per heavy atom. The van der Waals surface area contributed by atoms with Crippen molar-refractivity contribution in [3.63, 3.8) is 0 Å². The molecule has 0 aromatic heterocycles. The zero-order valence-electron chi connectivity index (χ0n) is 10.7. The number of rotatable bonds is 5. The average molecular weight is 239 g/mol. The third kappa shape index (κ3) is 3.98. The number of carbonyl (C=O) groups is 1. The summed E-state index contributed by atoms with van der Waals surface area (Å²) in [5, 5.41) is 0. The molecule has 0 aromatic carbocycles. The van der Waals surface area contributed by atoms with Gasteiger partial charge in [-0.05, 0) is 25.2 Å². The van der Waals surface area contributed by atoms with Crippen molar-refractivity contribution in [2.45, 2.75) is 69.7 Å². The molecule has 3 nitrogen and oxygen atoms in total. The van der Waals surface area contributed by atoms with Gasteiger partial charge in [-0.15, -0.1) is 0 Å². The Kier molecular flexibility index (Phi) is 4.43. The molecule has 3 heteroatoms. The summed E-state index contributed by atoms with van der Waals surface area (Å²) in [6, 6.07) is 0. The topological polar surface area (TPSA) is 52.3 Å². The minimum Gasteiger partial charge on any atom is -0.466 e. The van der Waals surface area contributed by atoms with E-state index in [9.17, 15) is 4.79 Å². The van der Waals surface area contributed by atoms with Gasteiger partial charge < -0.3 is 10.5 Å². The standard InChI is InChI=1S/C14H25NO2/c15-14(8-2-1-3-9-14)11-13(16)17-10-7-12-5-4-6-12/h12H,1-11,15H2. The molecule has 0 unspecified atom stereocenters. The maximum atomic E-state index is 11.7. The highest BCUT2D eigenvalue weighted by Gasteiger charge is 2.30. The summed E-state index contributed by atoms with van der Waals surface area (Å²) < 4.78 is 5.30. The number of hydrogen-bond donors (Lipinski definition) is 1. The van der Waals surface area contributed by atoms with Crippen LogP contribution in [-0.2, 0) is 9.53 Å². The maximum Gasteiger partial charge on any atom is 0.307 e. The lowest BCUT2D eigenvalue weighted by atomic mass is 9.80. The van der Waals surface area contributed by atoms with Crippen molar-refractivity contribution in [3.8, 4) is 0 Å². The average Bonchev–Trinajstić information content (AvgIpc) is 2.22. The molecule has 2 aliphatic carbocycles. The van der Waals surface area contributed by atoms with Crippen molar-refractivity contribution < 1.29 is 9.53 Å². The molecule has 2 saturated carbocycles. The van der Waals surface area contributed by atoms with Crippen LogP contribution in [0.5, 0.6) is 0 Å². The molecule has 0 bridgehead atoms. The Morgan fingerprint density at radius 1 is 1.18 bits per heavy atom. The number of carbonyl (C=O) groups excluding carboxylic acids is 1. The molecule has 2 fully saturated rings. The van der Waals surface area contributed by atoms with Crippen LogP contribution >= 0.6 is 0 Å². The number of ether oxygens (including phenoxy) is 1. The van der Waals surface area contributed by atoms with Crippen molar-refractivity contribution in [1.82, 2.24) is 0 Å². The molecule has 0 spiro atoms. The van der Waals surface area contributed by atoms with Crippen LogP contribution < -0.4 is 5.73 Å². The molecule has 0 heterocycles. The van der Waals surface area contributed by atoms with Gasteiger partial charge in [0, 0.05) is 5.54 Å². The highest BCUT2D eigenvalue weighted by atomic mass is 16.5. The fourth-order valence-electron chi connectivity index (χ4n) is 2.89. The van der Waals surface area contributed by atoms with Crippen LogP contribution in [0.3, 0.4) is 0 Å². The first-order valence-corrected chi connectivity index (χ1v) is 7.12. The van der Waals surface area contributed by atoms with Crippen LogP contribution in [0.1, 0.15) is 64.2 Å². The van der Waals surface area contributed by atoms with E-state index in [1.54, 1.807) is 0 Å². The van der Waals surface area contributed by atoms with Gasteiger partial charge in [0.2, 0.25) is 0 Å². The van der Waals surface area contributed by atoms with Gasteiger partial charge in [0.05, 0.1) is 13.0 Å². The molecule has 0 aromatic rings. The molecule has 0 radical (unpaired) electrons. The summed E-state index contributed by atoms with van der Waals surface area (Å²) in [4.78, 5) is 11.7. The normalized spacial score (nSPS) is 24.1. The van der Waals surface area contributed by atoms with Gasteiger partial charge in [-0.3, -0.25) is 4.79 Å². The Morgan fingerprint density at radius 3 is 2.47 bits per heavy atom.